The molecule has 1 aliphatic rings. The van der Waals surface area contributed by atoms with E-state index in [9.17, 15) is 63.0 Å². The minimum atomic E-state index is -1.68. The van der Waals surface area contributed by atoms with Crippen molar-refractivity contribution in [2.75, 3.05) is 39.3 Å². The average molecular weight is 1190 g/mol. The van der Waals surface area contributed by atoms with Crippen LogP contribution in [0.15, 0.2) is 30.3 Å². The quantitative estimate of drug-likeness (QED) is 0.0333. The number of nitrogens with two attached hydrogens (primary N) is 5. The monoisotopic (exact) mass is 1190 g/mol. The first-order chi connectivity index (χ1) is 39.9. The predicted molar refractivity (Wildman–Crippen MR) is 312 cm³/mol. The van der Waals surface area contributed by atoms with E-state index in [1.807, 2.05) is 0 Å². The van der Waals surface area contributed by atoms with E-state index in [4.69, 9.17) is 28.7 Å². The highest BCUT2D eigenvalue weighted by Gasteiger charge is 2.37. The zero-order valence-electron chi connectivity index (χ0n) is 49.3. The van der Waals surface area contributed by atoms with E-state index in [0.717, 1.165) is 25.7 Å². The highest BCUT2D eigenvalue weighted by molar-refractivity contribution is 5.99. The Morgan fingerprint density at radius 3 is 1.67 bits per heavy atom. The molecule has 0 spiro atoms. The number of aliphatic hydroxyl groups is 2. The zero-order chi connectivity index (χ0) is 62.9. The van der Waals surface area contributed by atoms with Crippen molar-refractivity contribution in [3.8, 4) is 0 Å². The number of hydrogen-bond acceptors (Lipinski definition) is 18. The summed E-state index contributed by atoms with van der Waals surface area (Å²) in [6.07, 6.45) is 0.636. The van der Waals surface area contributed by atoms with E-state index < -0.39 is 145 Å². The molecule has 1 heterocycles. The molecule has 1 fully saturated rings. The Bertz CT molecular complexity index is 2280. The number of benzene rings is 1. The van der Waals surface area contributed by atoms with Gasteiger partial charge in [-0.1, -0.05) is 76.8 Å². The molecule has 3 unspecified atom stereocenters. The average Bonchev–Trinajstić information content (AvgIpc) is 3.64. The molecular weight excluding hydrogens is 1090 g/mol. The lowest BCUT2D eigenvalue weighted by Gasteiger charge is -2.28. The van der Waals surface area contributed by atoms with Crippen LogP contribution in [0.1, 0.15) is 124 Å². The first-order valence-electron chi connectivity index (χ1n) is 29.1. The molecule has 0 bridgehead atoms. The molecule has 29 nitrogen and oxygen atoms in total. The smallest absolute Gasteiger partial charge is 0.245 e. The van der Waals surface area contributed by atoms with Gasteiger partial charge in [0.05, 0.1) is 18.2 Å². The normalized spacial score (nSPS) is 22.6. The van der Waals surface area contributed by atoms with Crippen LogP contribution in [0.3, 0.4) is 0 Å². The van der Waals surface area contributed by atoms with Gasteiger partial charge in [-0.3, -0.25) is 52.7 Å². The second-order valence-electron chi connectivity index (χ2n) is 21.5. The van der Waals surface area contributed by atoms with Crippen molar-refractivity contribution in [1.29, 1.82) is 0 Å². The van der Waals surface area contributed by atoms with Gasteiger partial charge in [-0.25, -0.2) is 0 Å². The number of aliphatic hydroxyl groups excluding tert-OH is 2. The van der Waals surface area contributed by atoms with Crippen LogP contribution in [-0.4, -0.2) is 187 Å². The molecular formula is C55H96N16O13. The molecule has 1 aromatic rings. The molecule has 2 rings (SSSR count). The van der Waals surface area contributed by atoms with Crippen molar-refractivity contribution in [2.45, 2.75) is 197 Å². The van der Waals surface area contributed by atoms with Crippen molar-refractivity contribution >= 4 is 65.0 Å². The summed E-state index contributed by atoms with van der Waals surface area (Å²) >= 11 is 0. The van der Waals surface area contributed by atoms with Gasteiger partial charge < -0.3 is 97.4 Å². The van der Waals surface area contributed by atoms with E-state index >= 15 is 0 Å². The van der Waals surface area contributed by atoms with Gasteiger partial charge >= 0.3 is 0 Å². The number of unbranched alkanes of at least 4 members (excludes halogenated alkanes) is 4. The molecule has 1 saturated heterocycles. The van der Waals surface area contributed by atoms with Crippen LogP contribution >= 0.6 is 0 Å². The van der Waals surface area contributed by atoms with E-state index in [-0.39, 0.29) is 89.5 Å². The molecule has 1 aliphatic heterocycles. The van der Waals surface area contributed by atoms with Crippen LogP contribution in [-0.2, 0) is 59.2 Å². The summed E-state index contributed by atoms with van der Waals surface area (Å²) in [6.45, 7) is 6.99. The summed E-state index contributed by atoms with van der Waals surface area (Å²) in [6, 6.07) is -6.20. The summed E-state index contributed by atoms with van der Waals surface area (Å²) in [5.41, 5.74) is 30.2. The fraction of sp³-hybridized carbons (Fsp3) is 0.691. The molecule has 1 aromatic carbocycles. The summed E-state index contributed by atoms with van der Waals surface area (Å²) in [4.78, 5) is 152. The van der Waals surface area contributed by atoms with Gasteiger partial charge in [-0.2, -0.15) is 0 Å². The maximum atomic E-state index is 14.5. The third kappa shape index (κ3) is 26.8. The Labute approximate surface area is 491 Å². The number of amides is 11. The lowest BCUT2D eigenvalue weighted by atomic mass is 10.00. The van der Waals surface area contributed by atoms with Crippen LogP contribution in [0.25, 0.3) is 0 Å². The van der Waals surface area contributed by atoms with Gasteiger partial charge in [0.1, 0.15) is 54.4 Å². The van der Waals surface area contributed by atoms with Crippen LogP contribution < -0.4 is 87.2 Å². The van der Waals surface area contributed by atoms with Gasteiger partial charge in [0.15, 0.2) is 0 Å². The standard InChI is InChI=1S/C55H96N16O13/c1-6-7-8-9-13-16-43(74)61-27-21-35(60)46(75)70-45(33(5)73)55(84)67-38(19-25-58)48(77)66-40-22-28-62-54(83)44(32(4)72)71-51(80)39(20-26-59)64-47(76)36(17-23-56)65-52(81)41(29-31(2)3)68-53(82)42(30-34-14-11-10-12-15-34)69-49(78)37(18-24-57)63-50(40)79/h10-12,14-15,31-33,35-42,44-45,72-73H,6-9,13,16-30,56-60H2,1-5H3,(H,61,74)(H,62,83)(H,63,79)(H,64,76)(H,65,81)(H,66,77)(H,67,84)(H,68,82)(H,69,78)(H,70,75)(H,71,80)/t32-,33-,35+,36+,37?,38+,39+,40?,41+,42-,44?,45+/m1/s1. The maximum Gasteiger partial charge on any atom is 0.245 e. The highest BCUT2D eigenvalue weighted by atomic mass is 16.3. The molecule has 12 atom stereocenters. The molecule has 0 aliphatic carbocycles. The van der Waals surface area contributed by atoms with E-state index in [1.165, 1.54) is 13.8 Å². The van der Waals surface area contributed by atoms with E-state index in [0.29, 0.717) is 18.4 Å². The van der Waals surface area contributed by atoms with Crippen molar-refractivity contribution in [2.24, 2.45) is 34.6 Å². The lowest BCUT2D eigenvalue weighted by molar-refractivity contribution is -0.136. The number of nitrogens with one attached hydrogen (secondary N) is 11. The molecule has 23 N–H and O–H groups in total. The van der Waals surface area contributed by atoms with Gasteiger partial charge in [-0.15, -0.1) is 0 Å². The first kappa shape index (κ1) is 73.2. The topological polar surface area (TPSA) is 491 Å². The summed E-state index contributed by atoms with van der Waals surface area (Å²) < 4.78 is 0. The second kappa shape index (κ2) is 39.6. The second-order valence-corrected chi connectivity index (χ2v) is 21.5. The largest absolute Gasteiger partial charge is 0.391 e. The number of hydrogen-bond donors (Lipinski definition) is 18. The number of carbonyl (C=O) groups is 11. The predicted octanol–water partition coefficient (Wildman–Crippen LogP) is -5.49. The summed E-state index contributed by atoms with van der Waals surface area (Å²) in [5, 5.41) is 49.5. The third-order valence-corrected chi connectivity index (χ3v) is 13.7. The molecule has 0 saturated carbocycles. The van der Waals surface area contributed by atoms with Crippen molar-refractivity contribution in [3.05, 3.63) is 35.9 Å². The van der Waals surface area contributed by atoms with E-state index in [1.54, 1.807) is 44.2 Å². The Morgan fingerprint density at radius 1 is 0.607 bits per heavy atom. The van der Waals surface area contributed by atoms with Crippen molar-refractivity contribution in [3.63, 3.8) is 0 Å². The number of rotatable bonds is 29. The summed E-state index contributed by atoms with van der Waals surface area (Å²) in [7, 11) is 0. The van der Waals surface area contributed by atoms with Gasteiger partial charge in [0.2, 0.25) is 65.0 Å². The maximum absolute atomic E-state index is 14.5. The molecule has 0 aromatic heterocycles. The Kier molecular flexibility index (Phi) is 34.5. The molecule has 11 amide bonds. The van der Waals surface area contributed by atoms with Gasteiger partial charge in [0, 0.05) is 25.9 Å². The SMILES string of the molecule is CCCCCCCC(=O)NCC[C@H](N)C(=O)N[C@H](C(=O)N[C@@H](CCN)C(=O)NC1CCNC(=O)C([C@@H](C)O)NC(=O)[C@H](CCN)NC(=O)[C@H](CCN)NC(=O)[C@H](CC(C)C)NC(=O)[C@@H](Cc2ccccc2)NC(=O)C(CCN)NC1=O)[C@@H](C)O. The van der Waals surface area contributed by atoms with E-state index in [2.05, 4.69) is 65.4 Å². The van der Waals surface area contributed by atoms with Gasteiger partial charge in [-0.05, 0) is 103 Å². The van der Waals surface area contributed by atoms with Crippen molar-refractivity contribution in [1.82, 2.24) is 58.5 Å². The Hall–Kier alpha value is -6.89. The van der Waals surface area contributed by atoms with Crippen LogP contribution in [0.5, 0.6) is 0 Å². The van der Waals surface area contributed by atoms with Crippen molar-refractivity contribution < 1.29 is 63.0 Å². The fourth-order valence-corrected chi connectivity index (χ4v) is 8.92. The molecule has 474 valence electrons. The van der Waals surface area contributed by atoms with Crippen LogP contribution in [0, 0.1) is 5.92 Å². The highest BCUT2D eigenvalue weighted by Crippen LogP contribution is 2.12. The molecule has 29 heteroatoms. The minimum absolute atomic E-state index is 0.0143. The lowest BCUT2D eigenvalue weighted by Crippen LogP contribution is -2.62. The molecule has 84 heavy (non-hydrogen) atoms. The zero-order valence-corrected chi connectivity index (χ0v) is 49.3. The number of carbonyl (C=O) groups excluding carboxylic acids is 11. The fourth-order valence-electron chi connectivity index (χ4n) is 8.92. The summed E-state index contributed by atoms with van der Waals surface area (Å²) in [5.74, 6) is -9.71. The Morgan fingerprint density at radius 2 is 1.13 bits per heavy atom. The van der Waals surface area contributed by atoms with Crippen LogP contribution in [0.2, 0.25) is 0 Å². The first-order valence-corrected chi connectivity index (χ1v) is 29.1. The third-order valence-electron chi connectivity index (χ3n) is 13.7. The van der Waals surface area contributed by atoms with Gasteiger partial charge in [0.25, 0.3) is 0 Å². The van der Waals surface area contributed by atoms with Crippen LogP contribution in [0.4, 0.5) is 0 Å². The minimum Gasteiger partial charge on any atom is -0.391 e. The Balaban J connectivity index is 2.61. The molecule has 0 radical (unpaired) electrons.